The number of rotatable bonds is 1. The van der Waals surface area contributed by atoms with Gasteiger partial charge in [-0.3, -0.25) is 4.79 Å². The van der Waals surface area contributed by atoms with Gasteiger partial charge in [0.1, 0.15) is 12.4 Å². The molecule has 1 aromatic rings. The number of carbonyl (C=O) groups is 2. The van der Waals surface area contributed by atoms with Gasteiger partial charge >= 0.3 is 6.03 Å². The molecule has 0 unspecified atom stereocenters. The molecule has 2 heterocycles. The van der Waals surface area contributed by atoms with Crippen molar-refractivity contribution in [3.05, 3.63) is 24.4 Å². The minimum atomic E-state index is -0.325. The molecule has 3 amide bonds. The molecule has 0 aromatic carbocycles. The van der Waals surface area contributed by atoms with Gasteiger partial charge in [0, 0.05) is 13.2 Å². The van der Waals surface area contributed by atoms with Crippen molar-refractivity contribution in [2.45, 2.75) is 13.8 Å². The molecule has 5 nitrogen and oxygen atoms in total. The Hall–Kier alpha value is -1.91. The predicted molar refractivity (Wildman–Crippen MR) is 61.1 cm³/mol. The summed E-state index contributed by atoms with van der Waals surface area (Å²) in [4.78, 5) is 29.3. The summed E-state index contributed by atoms with van der Waals surface area (Å²) in [6, 6.07) is 4.78. The van der Waals surface area contributed by atoms with E-state index in [0.717, 1.165) is 4.90 Å². The Morgan fingerprint density at radius 3 is 2.38 bits per heavy atom. The number of urea groups is 1. The standard InChI is InChI=1S/C9H9N3O2.C2H6/c1-11-6-8(13)12(9(11)14)7-4-2-3-5-10-7;1-2/h2-5H,6H2,1H3;1-2H3. The van der Waals surface area contributed by atoms with Crippen LogP contribution in [0.15, 0.2) is 24.4 Å². The molecule has 0 radical (unpaired) electrons. The van der Waals surface area contributed by atoms with Crippen molar-refractivity contribution in [2.75, 3.05) is 18.5 Å². The number of hydrogen-bond acceptors (Lipinski definition) is 3. The van der Waals surface area contributed by atoms with Gasteiger partial charge in [-0.25, -0.2) is 14.7 Å². The van der Waals surface area contributed by atoms with Crippen LogP contribution < -0.4 is 4.90 Å². The lowest BCUT2D eigenvalue weighted by atomic mass is 10.4. The van der Waals surface area contributed by atoms with E-state index in [4.69, 9.17) is 0 Å². The Balaban J connectivity index is 0.000000606. The molecule has 0 saturated carbocycles. The third-order valence-electron chi connectivity index (χ3n) is 2.02. The van der Waals surface area contributed by atoms with E-state index in [9.17, 15) is 9.59 Å². The molecule has 0 bridgehead atoms. The second-order valence-corrected chi connectivity index (χ2v) is 3.06. The second-order valence-electron chi connectivity index (χ2n) is 3.06. The van der Waals surface area contributed by atoms with Crippen molar-refractivity contribution in [2.24, 2.45) is 0 Å². The molecule has 2 rings (SSSR count). The van der Waals surface area contributed by atoms with Gasteiger partial charge in [-0.15, -0.1) is 0 Å². The molecule has 86 valence electrons. The Morgan fingerprint density at radius 1 is 1.25 bits per heavy atom. The van der Waals surface area contributed by atoms with Crippen LogP contribution in [0.2, 0.25) is 0 Å². The zero-order chi connectivity index (χ0) is 12.1. The van der Waals surface area contributed by atoms with Gasteiger partial charge in [0.2, 0.25) is 0 Å². The van der Waals surface area contributed by atoms with Crippen LogP contribution in [0.5, 0.6) is 0 Å². The summed E-state index contributed by atoms with van der Waals surface area (Å²) in [6.07, 6.45) is 1.55. The fourth-order valence-corrected chi connectivity index (χ4v) is 1.33. The lowest BCUT2D eigenvalue weighted by Crippen LogP contribution is -2.31. The Kier molecular flexibility index (Phi) is 3.99. The summed E-state index contributed by atoms with van der Waals surface area (Å²) in [5.41, 5.74) is 0. The fraction of sp³-hybridized carbons (Fsp3) is 0.364. The summed E-state index contributed by atoms with van der Waals surface area (Å²) < 4.78 is 0. The highest BCUT2D eigenvalue weighted by Gasteiger charge is 2.35. The van der Waals surface area contributed by atoms with Gasteiger partial charge in [-0.1, -0.05) is 19.9 Å². The molecular weight excluding hydrogens is 206 g/mol. The first-order valence-electron chi connectivity index (χ1n) is 5.19. The number of carbonyl (C=O) groups excluding carboxylic acids is 2. The number of anilines is 1. The van der Waals surface area contributed by atoms with Crippen molar-refractivity contribution >= 4 is 17.8 Å². The summed E-state index contributed by atoms with van der Waals surface area (Å²) in [5.74, 6) is 0.142. The molecule has 1 aromatic heterocycles. The number of aromatic nitrogens is 1. The fourth-order valence-electron chi connectivity index (χ4n) is 1.33. The number of likely N-dealkylation sites (N-methyl/N-ethyl adjacent to an activating group) is 1. The largest absolute Gasteiger partial charge is 0.332 e. The van der Waals surface area contributed by atoms with Crippen LogP contribution in [-0.4, -0.2) is 35.4 Å². The lowest BCUT2D eigenvalue weighted by Gasteiger charge is -2.11. The molecule has 0 atom stereocenters. The van der Waals surface area contributed by atoms with Crippen molar-refractivity contribution in [1.29, 1.82) is 0 Å². The predicted octanol–water partition coefficient (Wildman–Crippen LogP) is 1.51. The van der Waals surface area contributed by atoms with E-state index in [0.29, 0.717) is 5.82 Å². The molecule has 0 N–H and O–H groups in total. The minimum absolute atomic E-state index is 0.120. The van der Waals surface area contributed by atoms with Gasteiger partial charge in [0.15, 0.2) is 0 Å². The Bertz CT molecular complexity index is 378. The highest BCUT2D eigenvalue weighted by Crippen LogP contribution is 2.16. The first kappa shape index (κ1) is 12.2. The molecule has 0 aliphatic carbocycles. The van der Waals surface area contributed by atoms with Crippen molar-refractivity contribution in [1.82, 2.24) is 9.88 Å². The normalized spacial score (nSPS) is 14.9. The minimum Gasteiger partial charge on any atom is -0.318 e. The van der Waals surface area contributed by atoms with Crippen molar-refractivity contribution in [3.63, 3.8) is 0 Å². The Labute approximate surface area is 94.7 Å². The first-order chi connectivity index (χ1) is 7.70. The van der Waals surface area contributed by atoms with Gasteiger partial charge in [-0.05, 0) is 12.1 Å². The highest BCUT2D eigenvalue weighted by atomic mass is 16.2. The molecular formula is C11H15N3O2. The van der Waals surface area contributed by atoms with E-state index in [1.54, 1.807) is 31.4 Å². The lowest BCUT2D eigenvalue weighted by molar-refractivity contribution is -0.116. The summed E-state index contributed by atoms with van der Waals surface area (Å²) in [6.45, 7) is 4.12. The van der Waals surface area contributed by atoms with Crippen LogP contribution in [0.4, 0.5) is 10.6 Å². The van der Waals surface area contributed by atoms with E-state index >= 15 is 0 Å². The SMILES string of the molecule is CC.CN1CC(=O)N(c2ccccn2)C1=O. The summed E-state index contributed by atoms with van der Waals surface area (Å²) >= 11 is 0. The van der Waals surface area contributed by atoms with Crippen molar-refractivity contribution < 1.29 is 9.59 Å². The van der Waals surface area contributed by atoms with E-state index in [1.807, 2.05) is 13.8 Å². The molecule has 1 aliphatic heterocycles. The summed E-state index contributed by atoms with van der Waals surface area (Å²) in [5, 5.41) is 0. The topological polar surface area (TPSA) is 53.5 Å². The van der Waals surface area contributed by atoms with E-state index in [-0.39, 0.29) is 18.5 Å². The van der Waals surface area contributed by atoms with Gasteiger partial charge in [0.25, 0.3) is 5.91 Å². The van der Waals surface area contributed by atoms with Crippen LogP contribution >= 0.6 is 0 Å². The molecule has 5 heteroatoms. The van der Waals surface area contributed by atoms with Crippen LogP contribution in [0.1, 0.15) is 13.8 Å². The smallest absolute Gasteiger partial charge is 0.318 e. The van der Waals surface area contributed by atoms with Gasteiger partial charge in [0.05, 0.1) is 0 Å². The monoisotopic (exact) mass is 221 g/mol. The molecule has 0 spiro atoms. The Morgan fingerprint density at radius 2 is 1.94 bits per heavy atom. The van der Waals surface area contributed by atoms with Gasteiger partial charge < -0.3 is 4.90 Å². The van der Waals surface area contributed by atoms with E-state index in [1.165, 1.54) is 4.90 Å². The zero-order valence-corrected chi connectivity index (χ0v) is 9.67. The summed E-state index contributed by atoms with van der Waals surface area (Å²) in [7, 11) is 1.59. The number of nitrogens with zero attached hydrogens (tertiary/aromatic N) is 3. The zero-order valence-electron chi connectivity index (χ0n) is 9.67. The maximum Gasteiger partial charge on any atom is 0.332 e. The third kappa shape index (κ3) is 2.18. The third-order valence-corrected chi connectivity index (χ3v) is 2.02. The molecule has 1 fully saturated rings. The van der Waals surface area contributed by atoms with Crippen LogP contribution in [-0.2, 0) is 4.79 Å². The number of pyridine rings is 1. The van der Waals surface area contributed by atoms with Crippen LogP contribution in [0.25, 0.3) is 0 Å². The molecule has 1 saturated heterocycles. The van der Waals surface area contributed by atoms with Crippen LogP contribution in [0, 0.1) is 0 Å². The number of imide groups is 1. The van der Waals surface area contributed by atoms with Gasteiger partial charge in [-0.2, -0.15) is 0 Å². The second kappa shape index (κ2) is 5.25. The van der Waals surface area contributed by atoms with Crippen molar-refractivity contribution in [3.8, 4) is 0 Å². The van der Waals surface area contributed by atoms with E-state index < -0.39 is 0 Å². The van der Waals surface area contributed by atoms with E-state index in [2.05, 4.69) is 4.98 Å². The first-order valence-corrected chi connectivity index (χ1v) is 5.19. The molecule has 16 heavy (non-hydrogen) atoms. The maximum atomic E-state index is 11.5. The van der Waals surface area contributed by atoms with Crippen LogP contribution in [0.3, 0.4) is 0 Å². The number of amides is 3. The number of hydrogen-bond donors (Lipinski definition) is 0. The quantitative estimate of drug-likeness (QED) is 0.675. The highest BCUT2D eigenvalue weighted by molar-refractivity contribution is 6.19. The average Bonchev–Trinajstić information content (AvgIpc) is 2.57. The average molecular weight is 221 g/mol. The maximum absolute atomic E-state index is 11.5. The molecule has 1 aliphatic rings.